The van der Waals surface area contributed by atoms with E-state index in [9.17, 15) is 0 Å². The second-order valence-corrected chi connectivity index (χ2v) is 6.88. The summed E-state index contributed by atoms with van der Waals surface area (Å²) in [6.07, 6.45) is 0. The summed E-state index contributed by atoms with van der Waals surface area (Å²) in [6, 6.07) is 12.3. The molecule has 0 bridgehead atoms. The minimum Gasteiger partial charge on any atom is -0.492 e. The molecule has 130 valence electrons. The lowest BCUT2D eigenvalue weighted by Gasteiger charge is -2.30. The van der Waals surface area contributed by atoms with Crippen LogP contribution in [-0.4, -0.2) is 42.9 Å². The highest BCUT2D eigenvalue weighted by atomic mass is 79.9. The largest absolute Gasteiger partial charge is 0.492 e. The second kappa shape index (κ2) is 7.06. The van der Waals surface area contributed by atoms with Crippen LogP contribution in [-0.2, 0) is 4.74 Å². The van der Waals surface area contributed by atoms with Crippen molar-refractivity contribution in [3.8, 4) is 17.1 Å². The lowest BCUT2D eigenvalue weighted by molar-refractivity contribution is 0.122. The summed E-state index contributed by atoms with van der Waals surface area (Å²) in [6.45, 7) is 5.89. The molecule has 0 saturated carbocycles. The highest BCUT2D eigenvalue weighted by Crippen LogP contribution is 2.34. The Labute approximate surface area is 155 Å². The molecule has 1 N–H and O–H groups in total. The molecule has 3 aromatic rings. The maximum Gasteiger partial charge on any atom is 0.142 e. The Morgan fingerprint density at radius 2 is 2.04 bits per heavy atom. The van der Waals surface area contributed by atoms with Crippen molar-refractivity contribution in [3.63, 3.8) is 0 Å². The van der Waals surface area contributed by atoms with Gasteiger partial charge in [0.2, 0.25) is 0 Å². The molecular formula is C19H20BrN3O2. The van der Waals surface area contributed by atoms with Crippen molar-refractivity contribution in [1.82, 2.24) is 9.97 Å². The predicted octanol–water partition coefficient (Wildman–Crippen LogP) is 4.23. The van der Waals surface area contributed by atoms with Crippen LogP contribution >= 0.6 is 15.9 Å². The molecule has 1 aliphatic rings. The standard InChI is InChI=1S/C19H20BrN3O2/c1-2-25-18-6-3-13(11-17(18)23-7-9-24-10-8-23)19-21-15-5-4-14(20)12-16(15)22-19/h3-6,11-12H,2,7-10H2,1H3,(H,21,22). The van der Waals surface area contributed by atoms with E-state index in [1.165, 1.54) is 0 Å². The van der Waals surface area contributed by atoms with E-state index in [1.54, 1.807) is 0 Å². The zero-order valence-electron chi connectivity index (χ0n) is 14.1. The molecule has 2 aromatic carbocycles. The number of nitrogens with zero attached hydrogens (tertiary/aromatic N) is 2. The third-order valence-electron chi connectivity index (χ3n) is 4.33. The topological polar surface area (TPSA) is 50.4 Å². The summed E-state index contributed by atoms with van der Waals surface area (Å²) in [5.74, 6) is 1.78. The minimum atomic E-state index is 0.648. The highest BCUT2D eigenvalue weighted by molar-refractivity contribution is 9.10. The van der Waals surface area contributed by atoms with Crippen LogP contribution in [0, 0.1) is 0 Å². The third-order valence-corrected chi connectivity index (χ3v) is 4.82. The van der Waals surface area contributed by atoms with Crippen molar-refractivity contribution in [2.24, 2.45) is 0 Å². The SMILES string of the molecule is CCOc1ccc(-c2nc3ccc(Br)cc3[nH]2)cc1N1CCOCC1. The molecule has 1 aliphatic heterocycles. The number of ether oxygens (including phenoxy) is 2. The van der Waals surface area contributed by atoms with E-state index >= 15 is 0 Å². The number of anilines is 1. The summed E-state index contributed by atoms with van der Waals surface area (Å²) >= 11 is 3.51. The fourth-order valence-electron chi connectivity index (χ4n) is 3.11. The minimum absolute atomic E-state index is 0.648. The molecule has 1 saturated heterocycles. The van der Waals surface area contributed by atoms with Crippen LogP contribution in [0.5, 0.6) is 5.75 Å². The van der Waals surface area contributed by atoms with Gasteiger partial charge in [-0.1, -0.05) is 15.9 Å². The number of aromatic amines is 1. The van der Waals surface area contributed by atoms with Gasteiger partial charge in [0.25, 0.3) is 0 Å². The Balaban J connectivity index is 1.75. The quantitative estimate of drug-likeness (QED) is 0.710. The van der Waals surface area contributed by atoms with Crippen molar-refractivity contribution in [3.05, 3.63) is 40.9 Å². The van der Waals surface area contributed by atoms with Gasteiger partial charge in [0.1, 0.15) is 11.6 Å². The van der Waals surface area contributed by atoms with Gasteiger partial charge in [-0.2, -0.15) is 0 Å². The van der Waals surface area contributed by atoms with E-state index in [-0.39, 0.29) is 0 Å². The van der Waals surface area contributed by atoms with Gasteiger partial charge in [-0.25, -0.2) is 4.98 Å². The van der Waals surface area contributed by atoms with Crippen molar-refractivity contribution in [2.75, 3.05) is 37.8 Å². The molecule has 0 aliphatic carbocycles. The van der Waals surface area contributed by atoms with E-state index < -0.39 is 0 Å². The first-order chi connectivity index (χ1) is 12.2. The van der Waals surface area contributed by atoms with Gasteiger partial charge in [0.15, 0.2) is 0 Å². The summed E-state index contributed by atoms with van der Waals surface area (Å²) in [4.78, 5) is 10.5. The highest BCUT2D eigenvalue weighted by Gasteiger charge is 2.17. The molecule has 2 heterocycles. The zero-order valence-corrected chi connectivity index (χ0v) is 15.7. The summed E-state index contributed by atoms with van der Waals surface area (Å²) in [7, 11) is 0. The van der Waals surface area contributed by atoms with Gasteiger partial charge in [0, 0.05) is 23.1 Å². The Morgan fingerprint density at radius 1 is 1.20 bits per heavy atom. The molecular weight excluding hydrogens is 382 g/mol. The average Bonchev–Trinajstić information content (AvgIpc) is 3.06. The molecule has 1 fully saturated rings. The maximum atomic E-state index is 5.84. The molecule has 0 amide bonds. The Morgan fingerprint density at radius 3 is 2.84 bits per heavy atom. The van der Waals surface area contributed by atoms with Gasteiger partial charge in [-0.05, 0) is 43.3 Å². The molecule has 0 unspecified atom stereocenters. The monoisotopic (exact) mass is 401 g/mol. The third kappa shape index (κ3) is 3.37. The van der Waals surface area contributed by atoms with Crippen molar-refractivity contribution in [2.45, 2.75) is 6.92 Å². The van der Waals surface area contributed by atoms with Crippen molar-refractivity contribution in [1.29, 1.82) is 0 Å². The zero-order chi connectivity index (χ0) is 17.2. The number of hydrogen-bond acceptors (Lipinski definition) is 4. The fraction of sp³-hybridized carbons (Fsp3) is 0.316. The molecule has 25 heavy (non-hydrogen) atoms. The number of aromatic nitrogens is 2. The number of benzene rings is 2. The smallest absolute Gasteiger partial charge is 0.142 e. The number of fused-ring (bicyclic) bond motifs is 1. The van der Waals surface area contributed by atoms with Crippen LogP contribution in [0.2, 0.25) is 0 Å². The lowest BCUT2D eigenvalue weighted by atomic mass is 10.1. The second-order valence-electron chi connectivity index (χ2n) is 5.96. The number of H-pyrrole nitrogens is 1. The van der Waals surface area contributed by atoms with E-state index in [1.807, 2.05) is 31.2 Å². The first-order valence-electron chi connectivity index (χ1n) is 8.50. The van der Waals surface area contributed by atoms with Crippen LogP contribution in [0.15, 0.2) is 40.9 Å². The van der Waals surface area contributed by atoms with Gasteiger partial charge >= 0.3 is 0 Å². The Kier molecular flexibility index (Phi) is 4.63. The normalized spacial score (nSPS) is 14.9. The molecule has 4 rings (SSSR count). The summed E-state index contributed by atoms with van der Waals surface area (Å²) in [5, 5.41) is 0. The first kappa shape index (κ1) is 16.4. The Bertz CT molecular complexity index is 888. The van der Waals surface area contributed by atoms with Crippen LogP contribution in [0.1, 0.15) is 6.92 Å². The predicted molar refractivity (Wildman–Crippen MR) is 103 cm³/mol. The van der Waals surface area contributed by atoms with Gasteiger partial charge in [-0.3, -0.25) is 0 Å². The number of halogens is 1. The van der Waals surface area contributed by atoms with Crippen LogP contribution in [0.25, 0.3) is 22.4 Å². The number of hydrogen-bond donors (Lipinski definition) is 1. The van der Waals surface area contributed by atoms with Gasteiger partial charge in [0.05, 0.1) is 36.5 Å². The summed E-state index contributed by atoms with van der Waals surface area (Å²) in [5.41, 5.74) is 4.13. The van der Waals surface area contributed by atoms with E-state index in [0.717, 1.165) is 64.6 Å². The van der Waals surface area contributed by atoms with E-state index in [2.05, 4.69) is 37.9 Å². The number of imidazole rings is 1. The van der Waals surface area contributed by atoms with E-state index in [0.29, 0.717) is 6.61 Å². The van der Waals surface area contributed by atoms with E-state index in [4.69, 9.17) is 14.5 Å². The number of nitrogens with one attached hydrogen (secondary N) is 1. The summed E-state index contributed by atoms with van der Waals surface area (Å²) < 4.78 is 12.4. The lowest BCUT2D eigenvalue weighted by Crippen LogP contribution is -2.36. The molecule has 0 spiro atoms. The number of morpholine rings is 1. The van der Waals surface area contributed by atoms with Crippen LogP contribution < -0.4 is 9.64 Å². The molecule has 5 nitrogen and oxygen atoms in total. The molecule has 6 heteroatoms. The molecule has 0 radical (unpaired) electrons. The first-order valence-corrected chi connectivity index (χ1v) is 9.29. The number of rotatable bonds is 4. The van der Waals surface area contributed by atoms with Crippen molar-refractivity contribution < 1.29 is 9.47 Å². The molecule has 1 aromatic heterocycles. The van der Waals surface area contributed by atoms with Crippen LogP contribution in [0.4, 0.5) is 5.69 Å². The van der Waals surface area contributed by atoms with Gasteiger partial charge in [-0.15, -0.1) is 0 Å². The Hall–Kier alpha value is -2.05. The van der Waals surface area contributed by atoms with Gasteiger partial charge < -0.3 is 19.4 Å². The van der Waals surface area contributed by atoms with Crippen molar-refractivity contribution >= 4 is 32.7 Å². The fourth-order valence-corrected chi connectivity index (χ4v) is 3.47. The maximum absolute atomic E-state index is 5.84. The van der Waals surface area contributed by atoms with Crippen LogP contribution in [0.3, 0.4) is 0 Å². The molecule has 0 atom stereocenters. The average molecular weight is 402 g/mol.